The van der Waals surface area contributed by atoms with E-state index < -0.39 is 28.5 Å². The van der Waals surface area contributed by atoms with E-state index in [1.807, 2.05) is 44.2 Å². The third-order valence-electron chi connectivity index (χ3n) is 6.64. The number of benzene rings is 3. The zero-order chi connectivity index (χ0) is 31.7. The topological polar surface area (TPSA) is 114 Å². The summed E-state index contributed by atoms with van der Waals surface area (Å²) in [5.41, 5.74) is 0.832. The molecule has 0 aliphatic carbocycles. The average molecular weight is 632 g/mol. The van der Waals surface area contributed by atoms with Crippen molar-refractivity contribution in [2.24, 2.45) is 0 Å². The first-order chi connectivity index (χ1) is 20.5. The van der Waals surface area contributed by atoms with Gasteiger partial charge in [-0.3, -0.25) is 13.9 Å². The lowest BCUT2D eigenvalue weighted by Gasteiger charge is -2.34. The van der Waals surface area contributed by atoms with Gasteiger partial charge in [0.15, 0.2) is 11.5 Å². The Kier molecular flexibility index (Phi) is 11.7. The molecule has 0 radical (unpaired) electrons. The minimum Gasteiger partial charge on any atom is -0.495 e. The number of methoxy groups -OCH3 is 3. The van der Waals surface area contributed by atoms with Gasteiger partial charge in [-0.15, -0.1) is 0 Å². The molecule has 0 bridgehead atoms. The van der Waals surface area contributed by atoms with Crippen LogP contribution in [-0.4, -0.2) is 65.1 Å². The quantitative estimate of drug-likeness (QED) is 0.269. The van der Waals surface area contributed by atoms with Gasteiger partial charge in [-0.2, -0.15) is 0 Å². The van der Waals surface area contributed by atoms with Gasteiger partial charge in [0.25, 0.3) is 10.0 Å². The molecule has 0 heterocycles. The molecular weight excluding hydrogens is 594 g/mol. The second-order valence-electron chi connectivity index (χ2n) is 9.94. The summed E-state index contributed by atoms with van der Waals surface area (Å²) in [6.45, 7) is 4.90. The zero-order valence-electron chi connectivity index (χ0n) is 25.2. The van der Waals surface area contributed by atoms with E-state index in [1.54, 1.807) is 13.0 Å². The molecule has 0 saturated heterocycles. The predicted molar refractivity (Wildman–Crippen MR) is 166 cm³/mol. The monoisotopic (exact) mass is 631 g/mol. The molecule has 10 nitrogen and oxygen atoms in total. The number of nitrogens with one attached hydrogen (secondary N) is 1. The van der Waals surface area contributed by atoms with E-state index in [-0.39, 0.29) is 45.6 Å². The number of hydrogen-bond donors (Lipinski definition) is 1. The van der Waals surface area contributed by atoms with Crippen molar-refractivity contribution in [1.29, 1.82) is 0 Å². The number of amides is 2. The number of sulfonamides is 1. The number of halogens is 1. The SMILES string of the molecule is CC[C@@H](C(=O)NC(C)C)N(Cc1ccccc1)C(=O)CN(c1cc(Cl)ccc1OC)S(=O)(=O)c1ccc(OC)c(OC)c1. The van der Waals surface area contributed by atoms with Crippen molar-refractivity contribution in [2.45, 2.75) is 50.7 Å². The average Bonchev–Trinajstić information content (AvgIpc) is 2.99. The van der Waals surface area contributed by atoms with Crippen LogP contribution in [0.15, 0.2) is 71.6 Å². The second kappa shape index (κ2) is 15.0. The molecule has 0 aliphatic heterocycles. The molecule has 232 valence electrons. The Morgan fingerprint density at radius 2 is 1.51 bits per heavy atom. The normalized spacial score (nSPS) is 11.9. The third-order valence-corrected chi connectivity index (χ3v) is 8.63. The highest BCUT2D eigenvalue weighted by atomic mass is 35.5. The lowest BCUT2D eigenvalue weighted by atomic mass is 10.1. The molecule has 43 heavy (non-hydrogen) atoms. The van der Waals surface area contributed by atoms with Gasteiger partial charge >= 0.3 is 0 Å². The maximum Gasteiger partial charge on any atom is 0.265 e. The maximum absolute atomic E-state index is 14.3. The fourth-order valence-electron chi connectivity index (χ4n) is 4.56. The first-order valence-corrected chi connectivity index (χ1v) is 15.5. The second-order valence-corrected chi connectivity index (χ2v) is 12.2. The van der Waals surface area contributed by atoms with Crippen LogP contribution in [0.3, 0.4) is 0 Å². The molecule has 0 spiro atoms. The summed E-state index contributed by atoms with van der Waals surface area (Å²) in [5.74, 6) is -0.229. The van der Waals surface area contributed by atoms with E-state index in [9.17, 15) is 18.0 Å². The lowest BCUT2D eigenvalue weighted by Crippen LogP contribution is -2.53. The van der Waals surface area contributed by atoms with Gasteiger partial charge in [0.1, 0.15) is 18.3 Å². The van der Waals surface area contributed by atoms with Crippen LogP contribution in [0.5, 0.6) is 17.2 Å². The maximum atomic E-state index is 14.3. The van der Waals surface area contributed by atoms with Crippen molar-refractivity contribution >= 4 is 39.1 Å². The number of carbonyl (C=O) groups excluding carboxylic acids is 2. The van der Waals surface area contributed by atoms with Crippen LogP contribution >= 0.6 is 11.6 Å². The summed E-state index contributed by atoms with van der Waals surface area (Å²) in [6, 6.07) is 16.8. The third kappa shape index (κ3) is 8.11. The fourth-order valence-corrected chi connectivity index (χ4v) is 6.15. The van der Waals surface area contributed by atoms with Crippen LogP contribution in [0.4, 0.5) is 5.69 Å². The molecule has 0 fully saturated rings. The fraction of sp³-hybridized carbons (Fsp3) is 0.355. The molecule has 3 rings (SSSR count). The highest BCUT2D eigenvalue weighted by molar-refractivity contribution is 7.92. The summed E-state index contributed by atoms with van der Waals surface area (Å²) < 4.78 is 45.6. The Morgan fingerprint density at radius 3 is 2.09 bits per heavy atom. The summed E-state index contributed by atoms with van der Waals surface area (Å²) in [7, 11) is -0.201. The first kappa shape index (κ1) is 33.5. The van der Waals surface area contributed by atoms with Gasteiger partial charge in [0.05, 0.1) is 31.9 Å². The van der Waals surface area contributed by atoms with Crippen molar-refractivity contribution in [3.05, 3.63) is 77.3 Å². The Morgan fingerprint density at radius 1 is 0.884 bits per heavy atom. The Labute approximate surface area is 258 Å². The summed E-state index contributed by atoms with van der Waals surface area (Å²) in [4.78, 5) is 28.8. The van der Waals surface area contributed by atoms with Crippen LogP contribution in [0.1, 0.15) is 32.8 Å². The number of hydrogen-bond acceptors (Lipinski definition) is 7. The first-order valence-electron chi connectivity index (χ1n) is 13.7. The molecule has 3 aromatic rings. The Hall–Kier alpha value is -3.96. The number of carbonyl (C=O) groups is 2. The van der Waals surface area contributed by atoms with E-state index in [1.165, 1.54) is 56.6 Å². The van der Waals surface area contributed by atoms with Crippen LogP contribution in [0.2, 0.25) is 5.02 Å². The smallest absolute Gasteiger partial charge is 0.265 e. The van der Waals surface area contributed by atoms with Gasteiger partial charge in [0.2, 0.25) is 11.8 Å². The molecule has 0 aromatic heterocycles. The van der Waals surface area contributed by atoms with Crippen LogP contribution in [0.25, 0.3) is 0 Å². The van der Waals surface area contributed by atoms with E-state index in [0.717, 1.165) is 9.87 Å². The van der Waals surface area contributed by atoms with Gasteiger partial charge < -0.3 is 24.4 Å². The van der Waals surface area contributed by atoms with Crippen LogP contribution < -0.4 is 23.8 Å². The van der Waals surface area contributed by atoms with Crippen LogP contribution in [-0.2, 0) is 26.2 Å². The molecule has 3 aromatic carbocycles. The van der Waals surface area contributed by atoms with Crippen molar-refractivity contribution in [3.8, 4) is 17.2 Å². The van der Waals surface area contributed by atoms with Crippen molar-refractivity contribution in [1.82, 2.24) is 10.2 Å². The molecule has 0 aliphatic rings. The zero-order valence-corrected chi connectivity index (χ0v) is 26.7. The van der Waals surface area contributed by atoms with E-state index in [0.29, 0.717) is 12.2 Å². The summed E-state index contributed by atoms with van der Waals surface area (Å²) >= 11 is 6.31. The highest BCUT2D eigenvalue weighted by Crippen LogP contribution is 2.37. The molecule has 0 unspecified atom stereocenters. The number of ether oxygens (including phenoxy) is 3. The molecule has 12 heteroatoms. The van der Waals surface area contributed by atoms with E-state index >= 15 is 0 Å². The minimum absolute atomic E-state index is 0.0532. The predicted octanol–water partition coefficient (Wildman–Crippen LogP) is 4.89. The van der Waals surface area contributed by atoms with E-state index in [4.69, 9.17) is 25.8 Å². The number of nitrogens with zero attached hydrogens (tertiary/aromatic N) is 2. The molecular formula is C31H38ClN3O7S. The Balaban J connectivity index is 2.17. The molecule has 0 saturated carbocycles. The van der Waals surface area contributed by atoms with Crippen molar-refractivity contribution in [2.75, 3.05) is 32.2 Å². The summed E-state index contributed by atoms with van der Waals surface area (Å²) in [6.07, 6.45) is 0.306. The molecule has 1 atom stereocenters. The van der Waals surface area contributed by atoms with Gasteiger partial charge in [0, 0.05) is 23.7 Å². The minimum atomic E-state index is -4.42. The standard InChI is InChI=1S/C31H38ClN3O7S/c1-7-25(31(37)33-21(2)3)34(19-22-11-9-8-10-12-22)30(36)20-35(26-17-23(32)13-15-27(26)40-4)43(38,39)24-14-16-28(41-5)29(18-24)42-6/h8-18,21,25H,7,19-20H2,1-6H3,(H,33,37)/t25-/m0/s1. The number of rotatable bonds is 14. The highest BCUT2D eigenvalue weighted by Gasteiger charge is 2.35. The van der Waals surface area contributed by atoms with Gasteiger partial charge in [-0.1, -0.05) is 48.9 Å². The van der Waals surface area contributed by atoms with Crippen molar-refractivity contribution in [3.63, 3.8) is 0 Å². The lowest BCUT2D eigenvalue weighted by molar-refractivity contribution is -0.140. The largest absolute Gasteiger partial charge is 0.495 e. The van der Waals surface area contributed by atoms with E-state index in [2.05, 4.69) is 5.32 Å². The summed E-state index contributed by atoms with van der Waals surface area (Å²) in [5, 5.41) is 3.11. The van der Waals surface area contributed by atoms with Crippen molar-refractivity contribution < 1.29 is 32.2 Å². The van der Waals surface area contributed by atoms with Gasteiger partial charge in [-0.25, -0.2) is 8.42 Å². The number of anilines is 1. The van der Waals surface area contributed by atoms with Gasteiger partial charge in [-0.05, 0) is 56.2 Å². The van der Waals surface area contributed by atoms with Crippen LogP contribution in [0, 0.1) is 0 Å². The molecule has 2 amide bonds. The Bertz CT molecular complexity index is 1520. The molecule has 1 N–H and O–H groups in total.